The number of carbonyl (C=O) groups excluding carboxylic acids is 2. The van der Waals surface area contributed by atoms with Crippen molar-refractivity contribution in [2.24, 2.45) is 0 Å². The SMILES string of the molecule is Cc1ccc(NC(=O)c2ccco2)c(NC(=O)[C@H]2CCCO2)c1. The fourth-order valence-corrected chi connectivity index (χ4v) is 2.46. The van der Waals surface area contributed by atoms with Crippen LogP contribution in [0.4, 0.5) is 11.4 Å². The van der Waals surface area contributed by atoms with Gasteiger partial charge in [-0.15, -0.1) is 0 Å². The second kappa shape index (κ2) is 6.66. The van der Waals surface area contributed by atoms with E-state index in [1.54, 1.807) is 18.2 Å². The molecule has 1 aliphatic heterocycles. The molecule has 0 spiro atoms. The van der Waals surface area contributed by atoms with Gasteiger partial charge in [-0.2, -0.15) is 0 Å². The van der Waals surface area contributed by atoms with Crippen molar-refractivity contribution in [3.8, 4) is 0 Å². The van der Waals surface area contributed by atoms with Gasteiger partial charge in [0.25, 0.3) is 11.8 Å². The molecule has 0 bridgehead atoms. The molecule has 6 heteroatoms. The molecular weight excluding hydrogens is 296 g/mol. The number of nitrogens with one attached hydrogen (secondary N) is 2. The van der Waals surface area contributed by atoms with Gasteiger partial charge >= 0.3 is 0 Å². The first-order valence-electron chi connectivity index (χ1n) is 7.51. The normalized spacial score (nSPS) is 17.0. The van der Waals surface area contributed by atoms with Crippen molar-refractivity contribution in [2.75, 3.05) is 17.2 Å². The zero-order valence-corrected chi connectivity index (χ0v) is 12.8. The van der Waals surface area contributed by atoms with Crippen LogP contribution < -0.4 is 10.6 Å². The van der Waals surface area contributed by atoms with Crippen LogP contribution >= 0.6 is 0 Å². The molecule has 120 valence electrons. The first-order valence-corrected chi connectivity index (χ1v) is 7.51. The highest BCUT2D eigenvalue weighted by Crippen LogP contribution is 2.25. The summed E-state index contributed by atoms with van der Waals surface area (Å²) in [6.45, 7) is 2.52. The summed E-state index contributed by atoms with van der Waals surface area (Å²) in [6, 6.07) is 8.64. The van der Waals surface area contributed by atoms with Gasteiger partial charge in [-0.1, -0.05) is 6.07 Å². The third-order valence-electron chi connectivity index (χ3n) is 3.65. The van der Waals surface area contributed by atoms with E-state index >= 15 is 0 Å². The van der Waals surface area contributed by atoms with E-state index in [1.807, 2.05) is 19.1 Å². The maximum Gasteiger partial charge on any atom is 0.291 e. The smallest absolute Gasteiger partial charge is 0.291 e. The second-order valence-electron chi connectivity index (χ2n) is 5.47. The van der Waals surface area contributed by atoms with Crippen LogP contribution in [0.2, 0.25) is 0 Å². The summed E-state index contributed by atoms with van der Waals surface area (Å²) < 4.78 is 10.5. The van der Waals surface area contributed by atoms with Crippen LogP contribution in [-0.4, -0.2) is 24.5 Å². The summed E-state index contributed by atoms with van der Waals surface area (Å²) in [5.41, 5.74) is 2.04. The van der Waals surface area contributed by atoms with Crippen LogP contribution in [-0.2, 0) is 9.53 Å². The number of hydrogen-bond donors (Lipinski definition) is 2. The summed E-state index contributed by atoms with van der Waals surface area (Å²) in [5.74, 6) is -0.352. The van der Waals surface area contributed by atoms with Gasteiger partial charge in [0.1, 0.15) is 6.10 Å². The van der Waals surface area contributed by atoms with Gasteiger partial charge in [0.15, 0.2) is 5.76 Å². The molecule has 0 radical (unpaired) electrons. The quantitative estimate of drug-likeness (QED) is 0.909. The second-order valence-corrected chi connectivity index (χ2v) is 5.47. The number of benzene rings is 1. The molecule has 1 fully saturated rings. The Balaban J connectivity index is 1.77. The zero-order chi connectivity index (χ0) is 16.2. The van der Waals surface area contributed by atoms with Gasteiger partial charge < -0.3 is 19.8 Å². The number of hydrogen-bond acceptors (Lipinski definition) is 4. The molecule has 23 heavy (non-hydrogen) atoms. The van der Waals surface area contributed by atoms with E-state index in [-0.39, 0.29) is 17.6 Å². The highest BCUT2D eigenvalue weighted by atomic mass is 16.5. The van der Waals surface area contributed by atoms with Crippen molar-refractivity contribution in [1.82, 2.24) is 0 Å². The summed E-state index contributed by atoms with van der Waals surface area (Å²) >= 11 is 0. The molecule has 6 nitrogen and oxygen atoms in total. The number of anilines is 2. The summed E-state index contributed by atoms with van der Waals surface area (Å²) in [4.78, 5) is 24.3. The Bertz CT molecular complexity index is 703. The fraction of sp³-hybridized carbons (Fsp3) is 0.294. The number of furan rings is 1. The molecule has 1 saturated heterocycles. The highest BCUT2D eigenvalue weighted by molar-refractivity contribution is 6.06. The first-order chi connectivity index (χ1) is 11.1. The van der Waals surface area contributed by atoms with Crippen molar-refractivity contribution >= 4 is 23.2 Å². The van der Waals surface area contributed by atoms with Crippen LogP contribution in [0.5, 0.6) is 0 Å². The van der Waals surface area contributed by atoms with Crippen LogP contribution in [0.15, 0.2) is 41.0 Å². The standard InChI is InChI=1S/C17H18N2O4/c1-11-6-7-12(18-16(20)14-4-2-8-22-14)13(10-11)19-17(21)15-5-3-9-23-15/h2,4,6-8,10,15H,3,5,9H2,1H3,(H,18,20)(H,19,21)/t15-/m1/s1. The third-order valence-corrected chi connectivity index (χ3v) is 3.65. The Kier molecular flexibility index (Phi) is 4.43. The molecule has 1 aromatic heterocycles. The van der Waals surface area contributed by atoms with Gasteiger partial charge in [-0.3, -0.25) is 9.59 Å². The summed E-state index contributed by atoms with van der Waals surface area (Å²) in [6.07, 6.45) is 2.60. The van der Waals surface area contributed by atoms with E-state index in [0.717, 1.165) is 12.0 Å². The van der Waals surface area contributed by atoms with Crippen molar-refractivity contribution in [1.29, 1.82) is 0 Å². The van der Waals surface area contributed by atoms with E-state index in [9.17, 15) is 9.59 Å². The molecule has 2 N–H and O–H groups in total. The van der Waals surface area contributed by atoms with Gasteiger partial charge in [-0.05, 0) is 49.6 Å². The van der Waals surface area contributed by atoms with Crippen molar-refractivity contribution in [3.63, 3.8) is 0 Å². The highest BCUT2D eigenvalue weighted by Gasteiger charge is 2.24. The van der Waals surface area contributed by atoms with E-state index in [2.05, 4.69) is 10.6 Å². The Morgan fingerprint density at radius 1 is 1.17 bits per heavy atom. The molecule has 0 saturated carbocycles. The van der Waals surface area contributed by atoms with Crippen molar-refractivity contribution in [2.45, 2.75) is 25.9 Å². The van der Waals surface area contributed by atoms with Gasteiger partial charge in [0.05, 0.1) is 17.6 Å². The molecule has 1 atom stereocenters. The molecule has 3 rings (SSSR count). The van der Waals surface area contributed by atoms with Crippen molar-refractivity contribution < 1.29 is 18.7 Å². The number of amides is 2. The lowest BCUT2D eigenvalue weighted by atomic mass is 10.1. The maximum absolute atomic E-state index is 12.2. The van der Waals surface area contributed by atoms with Crippen LogP contribution in [0.1, 0.15) is 29.0 Å². The Hall–Kier alpha value is -2.60. The Morgan fingerprint density at radius 2 is 2.04 bits per heavy atom. The largest absolute Gasteiger partial charge is 0.459 e. The Morgan fingerprint density at radius 3 is 2.74 bits per heavy atom. The summed E-state index contributed by atoms with van der Waals surface area (Å²) in [7, 11) is 0. The van der Waals surface area contributed by atoms with Crippen molar-refractivity contribution in [3.05, 3.63) is 47.9 Å². The number of rotatable bonds is 4. The van der Waals surface area contributed by atoms with E-state index in [0.29, 0.717) is 24.4 Å². The van der Waals surface area contributed by atoms with Crippen LogP contribution in [0.25, 0.3) is 0 Å². The zero-order valence-electron chi connectivity index (χ0n) is 12.8. The predicted molar refractivity (Wildman–Crippen MR) is 85.4 cm³/mol. The van der Waals surface area contributed by atoms with Crippen LogP contribution in [0, 0.1) is 6.92 Å². The minimum Gasteiger partial charge on any atom is -0.459 e. The minimum absolute atomic E-state index is 0.193. The lowest BCUT2D eigenvalue weighted by Crippen LogP contribution is -2.27. The molecule has 2 aromatic rings. The van der Waals surface area contributed by atoms with E-state index in [1.165, 1.54) is 6.26 Å². The molecule has 2 amide bonds. The number of ether oxygens (including phenoxy) is 1. The number of aryl methyl sites for hydroxylation is 1. The molecule has 2 heterocycles. The van der Waals surface area contributed by atoms with Crippen LogP contribution in [0.3, 0.4) is 0 Å². The average molecular weight is 314 g/mol. The van der Waals surface area contributed by atoms with E-state index < -0.39 is 6.10 Å². The monoisotopic (exact) mass is 314 g/mol. The predicted octanol–water partition coefficient (Wildman–Crippen LogP) is 2.96. The lowest BCUT2D eigenvalue weighted by Gasteiger charge is -2.15. The topological polar surface area (TPSA) is 80.6 Å². The molecular formula is C17H18N2O4. The fourth-order valence-electron chi connectivity index (χ4n) is 2.46. The average Bonchev–Trinajstić information content (AvgIpc) is 3.23. The maximum atomic E-state index is 12.2. The van der Waals surface area contributed by atoms with Gasteiger partial charge in [0, 0.05) is 6.61 Å². The summed E-state index contributed by atoms with van der Waals surface area (Å²) in [5, 5.41) is 5.58. The lowest BCUT2D eigenvalue weighted by molar-refractivity contribution is -0.124. The Labute approximate surface area is 133 Å². The first kappa shape index (κ1) is 15.3. The molecule has 0 unspecified atom stereocenters. The van der Waals surface area contributed by atoms with E-state index in [4.69, 9.17) is 9.15 Å². The third kappa shape index (κ3) is 3.60. The van der Waals surface area contributed by atoms with Gasteiger partial charge in [0.2, 0.25) is 0 Å². The molecule has 1 aliphatic rings. The number of carbonyl (C=O) groups is 2. The minimum atomic E-state index is -0.427. The van der Waals surface area contributed by atoms with Gasteiger partial charge in [-0.25, -0.2) is 0 Å². The molecule has 1 aromatic carbocycles. The molecule has 0 aliphatic carbocycles.